The monoisotopic (exact) mass is 336 g/mol. The summed E-state index contributed by atoms with van der Waals surface area (Å²) in [5, 5.41) is 12.1. The van der Waals surface area contributed by atoms with Gasteiger partial charge in [0.15, 0.2) is 4.34 Å². The first-order valence-corrected chi connectivity index (χ1v) is 8.75. The van der Waals surface area contributed by atoms with Crippen molar-refractivity contribution in [2.24, 2.45) is 0 Å². The number of morpholine rings is 1. The van der Waals surface area contributed by atoms with Crippen LogP contribution in [0.5, 0.6) is 0 Å². The van der Waals surface area contributed by atoms with Gasteiger partial charge in [-0.25, -0.2) is 0 Å². The van der Waals surface area contributed by atoms with Gasteiger partial charge in [-0.15, -0.1) is 10.2 Å². The van der Waals surface area contributed by atoms with E-state index < -0.39 is 0 Å². The minimum atomic E-state index is 0.126. The fourth-order valence-corrected chi connectivity index (χ4v) is 3.67. The van der Waals surface area contributed by atoms with E-state index in [4.69, 9.17) is 4.74 Å². The molecule has 0 spiro atoms. The van der Waals surface area contributed by atoms with E-state index >= 15 is 0 Å². The summed E-state index contributed by atoms with van der Waals surface area (Å²) in [5.41, 5.74) is 0.972. The number of aromatic nitrogens is 2. The van der Waals surface area contributed by atoms with Crippen LogP contribution in [0.15, 0.2) is 34.7 Å². The first-order valence-electron chi connectivity index (χ1n) is 6.95. The highest BCUT2D eigenvalue weighted by Gasteiger charge is 2.17. The highest BCUT2D eigenvalue weighted by atomic mass is 32.2. The van der Waals surface area contributed by atoms with Crippen LogP contribution in [0.4, 0.5) is 10.8 Å². The van der Waals surface area contributed by atoms with Crippen LogP contribution in [0.1, 0.15) is 0 Å². The van der Waals surface area contributed by atoms with Gasteiger partial charge in [0, 0.05) is 18.8 Å². The summed E-state index contributed by atoms with van der Waals surface area (Å²) in [6, 6.07) is 9.82. The second kappa shape index (κ2) is 7.57. The lowest BCUT2D eigenvalue weighted by atomic mass is 10.3. The quantitative estimate of drug-likeness (QED) is 0.845. The number of nitrogens with zero attached hydrogens (tertiary/aromatic N) is 3. The van der Waals surface area contributed by atoms with Crippen LogP contribution < -0.4 is 5.32 Å². The van der Waals surface area contributed by atoms with Crippen LogP contribution in [0.25, 0.3) is 0 Å². The van der Waals surface area contributed by atoms with E-state index in [2.05, 4.69) is 15.5 Å². The molecule has 3 rings (SSSR count). The molecule has 116 valence electrons. The Labute approximate surface area is 136 Å². The van der Waals surface area contributed by atoms with Gasteiger partial charge < -0.3 is 15.0 Å². The molecule has 1 fully saturated rings. The van der Waals surface area contributed by atoms with E-state index in [-0.39, 0.29) is 5.91 Å². The molecule has 22 heavy (non-hydrogen) atoms. The molecule has 0 radical (unpaired) electrons. The summed E-state index contributed by atoms with van der Waals surface area (Å²) in [4.78, 5) is 13.9. The number of para-hydroxylation sites is 1. The number of thioether (sulfide) groups is 1. The predicted octanol–water partition coefficient (Wildman–Crippen LogP) is 2.23. The van der Waals surface area contributed by atoms with Gasteiger partial charge in [0.05, 0.1) is 19.0 Å². The van der Waals surface area contributed by atoms with Crippen molar-refractivity contribution in [2.75, 3.05) is 37.4 Å². The number of ether oxygens (including phenoxy) is 1. The number of rotatable bonds is 5. The van der Waals surface area contributed by atoms with Crippen LogP contribution in [-0.4, -0.2) is 53.1 Å². The number of benzene rings is 1. The third kappa shape index (κ3) is 4.19. The number of hydrogen-bond acceptors (Lipinski definition) is 7. The van der Waals surface area contributed by atoms with Crippen LogP contribution in [0.2, 0.25) is 0 Å². The maximum absolute atomic E-state index is 12.1. The number of nitrogens with one attached hydrogen (secondary N) is 1. The smallest absolute Gasteiger partial charge is 0.233 e. The van der Waals surface area contributed by atoms with Gasteiger partial charge in [-0.3, -0.25) is 4.79 Å². The van der Waals surface area contributed by atoms with Gasteiger partial charge in [-0.05, 0) is 12.1 Å². The Morgan fingerprint density at radius 3 is 2.82 bits per heavy atom. The van der Waals surface area contributed by atoms with Crippen LogP contribution in [0.3, 0.4) is 0 Å². The molecule has 1 saturated heterocycles. The van der Waals surface area contributed by atoms with Crippen LogP contribution in [-0.2, 0) is 9.53 Å². The molecule has 2 heterocycles. The predicted molar refractivity (Wildman–Crippen MR) is 87.8 cm³/mol. The van der Waals surface area contributed by atoms with Gasteiger partial charge >= 0.3 is 0 Å². The fourth-order valence-electron chi connectivity index (χ4n) is 1.99. The van der Waals surface area contributed by atoms with Gasteiger partial charge in [-0.2, -0.15) is 0 Å². The molecule has 1 aromatic carbocycles. The minimum Gasteiger partial charge on any atom is -0.378 e. The lowest BCUT2D eigenvalue weighted by Crippen LogP contribution is -2.41. The van der Waals surface area contributed by atoms with Crippen LogP contribution >= 0.6 is 23.1 Å². The molecule has 1 amide bonds. The molecular formula is C14H16N4O2S2. The summed E-state index contributed by atoms with van der Waals surface area (Å²) in [7, 11) is 0. The molecule has 0 atom stereocenters. The Morgan fingerprint density at radius 1 is 1.27 bits per heavy atom. The van der Waals surface area contributed by atoms with Gasteiger partial charge in [-0.1, -0.05) is 41.3 Å². The maximum atomic E-state index is 12.1. The van der Waals surface area contributed by atoms with Crippen molar-refractivity contribution in [1.29, 1.82) is 0 Å². The van der Waals surface area contributed by atoms with Gasteiger partial charge in [0.1, 0.15) is 0 Å². The molecule has 6 nitrogen and oxygen atoms in total. The molecule has 0 unspecified atom stereocenters. The molecule has 2 aromatic rings. The van der Waals surface area contributed by atoms with Crippen molar-refractivity contribution >= 4 is 39.8 Å². The lowest BCUT2D eigenvalue weighted by molar-refractivity contribution is -0.132. The molecule has 1 N–H and O–H groups in total. The van der Waals surface area contributed by atoms with Crippen molar-refractivity contribution in [3.8, 4) is 0 Å². The topological polar surface area (TPSA) is 67.4 Å². The molecule has 1 aliphatic rings. The Balaban J connectivity index is 1.50. The van der Waals surface area contributed by atoms with E-state index in [0.29, 0.717) is 32.1 Å². The number of carbonyl (C=O) groups is 1. The minimum absolute atomic E-state index is 0.126. The standard InChI is InChI=1S/C14H16N4O2S2/c19-12(18-6-8-20-9-7-18)10-21-14-17-16-13(22-14)15-11-4-2-1-3-5-11/h1-5H,6-10H2,(H,15,16). The molecule has 0 bridgehead atoms. The zero-order valence-corrected chi connectivity index (χ0v) is 13.5. The fraction of sp³-hybridized carbons (Fsp3) is 0.357. The summed E-state index contributed by atoms with van der Waals surface area (Å²) < 4.78 is 6.04. The van der Waals surface area contributed by atoms with Crippen molar-refractivity contribution in [2.45, 2.75) is 4.34 Å². The van der Waals surface area contributed by atoms with Crippen molar-refractivity contribution in [1.82, 2.24) is 15.1 Å². The average Bonchev–Trinajstić information content (AvgIpc) is 3.02. The molecule has 0 saturated carbocycles. The number of anilines is 2. The van der Waals surface area contributed by atoms with Crippen molar-refractivity contribution < 1.29 is 9.53 Å². The Kier molecular flexibility index (Phi) is 5.25. The molecular weight excluding hydrogens is 320 g/mol. The van der Waals surface area contributed by atoms with E-state index in [9.17, 15) is 4.79 Å². The zero-order chi connectivity index (χ0) is 15.2. The van der Waals surface area contributed by atoms with Crippen LogP contribution in [0, 0.1) is 0 Å². The Bertz CT molecular complexity index is 614. The summed E-state index contributed by atoms with van der Waals surface area (Å²) in [6.07, 6.45) is 0. The van der Waals surface area contributed by atoms with Gasteiger partial charge in [0.2, 0.25) is 11.0 Å². The summed E-state index contributed by atoms with van der Waals surface area (Å²) in [6.45, 7) is 2.60. The maximum Gasteiger partial charge on any atom is 0.233 e. The average molecular weight is 336 g/mol. The highest BCUT2D eigenvalue weighted by Crippen LogP contribution is 2.27. The SMILES string of the molecule is O=C(CSc1nnc(Nc2ccccc2)s1)N1CCOCC1. The van der Waals surface area contributed by atoms with E-state index in [1.807, 2.05) is 35.2 Å². The normalized spacial score (nSPS) is 14.8. The number of carbonyl (C=O) groups excluding carboxylic acids is 1. The number of amides is 1. The first kappa shape index (κ1) is 15.3. The summed E-state index contributed by atoms with van der Waals surface area (Å²) >= 11 is 2.88. The van der Waals surface area contributed by atoms with Crippen molar-refractivity contribution in [3.63, 3.8) is 0 Å². The molecule has 1 aromatic heterocycles. The second-order valence-corrected chi connectivity index (χ2v) is 6.85. The third-order valence-electron chi connectivity index (χ3n) is 3.11. The Morgan fingerprint density at radius 2 is 2.05 bits per heavy atom. The Hall–Kier alpha value is -1.64. The van der Waals surface area contributed by atoms with E-state index in [1.54, 1.807) is 0 Å². The van der Waals surface area contributed by atoms with Crippen molar-refractivity contribution in [3.05, 3.63) is 30.3 Å². The van der Waals surface area contributed by atoms with E-state index in [1.165, 1.54) is 23.1 Å². The zero-order valence-electron chi connectivity index (χ0n) is 11.9. The second-order valence-electron chi connectivity index (χ2n) is 4.65. The largest absolute Gasteiger partial charge is 0.378 e. The third-order valence-corrected chi connectivity index (χ3v) is 5.07. The highest BCUT2D eigenvalue weighted by molar-refractivity contribution is 8.01. The first-order chi connectivity index (χ1) is 10.8. The van der Waals surface area contributed by atoms with Gasteiger partial charge in [0.25, 0.3) is 0 Å². The molecule has 1 aliphatic heterocycles. The lowest BCUT2D eigenvalue weighted by Gasteiger charge is -2.26. The molecule has 0 aliphatic carbocycles. The summed E-state index contributed by atoms with van der Waals surface area (Å²) in [5.74, 6) is 0.515. The van der Waals surface area contributed by atoms with E-state index in [0.717, 1.165) is 15.2 Å². The molecule has 8 heteroatoms. The number of hydrogen-bond donors (Lipinski definition) is 1.